The van der Waals surface area contributed by atoms with E-state index in [4.69, 9.17) is 0 Å². The van der Waals surface area contributed by atoms with E-state index in [1.54, 1.807) is 13.8 Å². The molecular formula is C6H8BrNO2S. The fourth-order valence-corrected chi connectivity index (χ4v) is 2.62. The van der Waals surface area contributed by atoms with Crippen LogP contribution in [0.1, 0.15) is 13.8 Å². The summed E-state index contributed by atoms with van der Waals surface area (Å²) in [6.45, 7) is 3.60. The van der Waals surface area contributed by atoms with Crippen molar-refractivity contribution in [2.45, 2.75) is 13.8 Å². The van der Waals surface area contributed by atoms with Crippen molar-refractivity contribution in [3.05, 3.63) is 10.0 Å². The van der Waals surface area contributed by atoms with E-state index in [9.17, 15) is 8.42 Å². The van der Waals surface area contributed by atoms with Crippen LogP contribution in [-0.2, 0) is 9.84 Å². The molecule has 0 N–H and O–H groups in total. The first-order valence-electron chi connectivity index (χ1n) is 3.14. The van der Waals surface area contributed by atoms with Crippen molar-refractivity contribution in [2.75, 3.05) is 0 Å². The van der Waals surface area contributed by atoms with Gasteiger partial charge >= 0.3 is 0 Å². The standard InChI is InChI=1S/C6H8BrNO2S/c1-4(2)6-8-3-5(7)11(6,9)10/h3-4H,1-2H3. The lowest BCUT2D eigenvalue weighted by molar-refractivity contribution is 0.613. The molecule has 62 valence electrons. The summed E-state index contributed by atoms with van der Waals surface area (Å²) in [6, 6.07) is 0. The van der Waals surface area contributed by atoms with Gasteiger partial charge < -0.3 is 0 Å². The molecule has 0 atom stereocenters. The first-order valence-corrected chi connectivity index (χ1v) is 5.42. The third kappa shape index (κ3) is 1.39. The van der Waals surface area contributed by atoms with E-state index in [2.05, 4.69) is 20.9 Å². The van der Waals surface area contributed by atoms with Crippen molar-refractivity contribution < 1.29 is 8.42 Å². The highest BCUT2D eigenvalue weighted by Crippen LogP contribution is 2.25. The smallest absolute Gasteiger partial charge is 0.228 e. The predicted molar refractivity (Wildman–Crippen MR) is 48.2 cm³/mol. The van der Waals surface area contributed by atoms with Crippen LogP contribution in [0.3, 0.4) is 0 Å². The van der Waals surface area contributed by atoms with E-state index < -0.39 is 9.84 Å². The van der Waals surface area contributed by atoms with Gasteiger partial charge in [-0.25, -0.2) is 13.4 Å². The van der Waals surface area contributed by atoms with E-state index in [1.165, 1.54) is 6.20 Å². The van der Waals surface area contributed by atoms with Crippen LogP contribution in [0, 0.1) is 5.92 Å². The molecule has 0 aromatic carbocycles. The lowest BCUT2D eigenvalue weighted by Crippen LogP contribution is -2.16. The van der Waals surface area contributed by atoms with Crippen molar-refractivity contribution in [1.29, 1.82) is 0 Å². The largest absolute Gasteiger partial charge is 0.247 e. The average molecular weight is 238 g/mol. The molecular weight excluding hydrogens is 230 g/mol. The number of halogens is 1. The second-order valence-electron chi connectivity index (χ2n) is 2.56. The molecule has 0 aromatic rings. The molecule has 0 radical (unpaired) electrons. The van der Waals surface area contributed by atoms with Gasteiger partial charge in [-0.15, -0.1) is 0 Å². The van der Waals surface area contributed by atoms with Crippen molar-refractivity contribution in [3.8, 4) is 0 Å². The Labute approximate surface area is 74.3 Å². The molecule has 1 rings (SSSR count). The van der Waals surface area contributed by atoms with Gasteiger partial charge in [0.25, 0.3) is 0 Å². The fourth-order valence-electron chi connectivity index (χ4n) is 0.812. The minimum absolute atomic E-state index is 0.0497. The van der Waals surface area contributed by atoms with Gasteiger partial charge in [0.1, 0.15) is 8.86 Å². The Balaban J connectivity index is 3.13. The van der Waals surface area contributed by atoms with Gasteiger partial charge in [0, 0.05) is 5.92 Å². The van der Waals surface area contributed by atoms with Gasteiger partial charge in [0.15, 0.2) is 0 Å². The maximum Gasteiger partial charge on any atom is 0.228 e. The van der Waals surface area contributed by atoms with Gasteiger partial charge in [-0.1, -0.05) is 13.8 Å². The number of rotatable bonds is 1. The zero-order valence-electron chi connectivity index (χ0n) is 6.20. The summed E-state index contributed by atoms with van der Waals surface area (Å²) in [5, 5.41) is 0.240. The zero-order chi connectivity index (χ0) is 8.65. The summed E-state index contributed by atoms with van der Waals surface area (Å²) in [5.74, 6) is -0.0497. The van der Waals surface area contributed by atoms with Crippen LogP contribution in [0.2, 0.25) is 0 Å². The Bertz CT molecular complexity index is 326. The summed E-state index contributed by atoms with van der Waals surface area (Å²) in [6.07, 6.45) is 1.32. The van der Waals surface area contributed by atoms with Crippen molar-refractivity contribution in [2.24, 2.45) is 10.9 Å². The van der Waals surface area contributed by atoms with E-state index >= 15 is 0 Å². The SMILES string of the molecule is CC(C)C1=NC=C(Br)S1(=O)=O. The molecule has 5 heteroatoms. The molecule has 0 aliphatic carbocycles. The predicted octanol–water partition coefficient (Wildman–Crippen LogP) is 1.66. The molecule has 0 spiro atoms. The molecule has 1 aliphatic rings. The Morgan fingerprint density at radius 2 is 2.09 bits per heavy atom. The molecule has 0 saturated heterocycles. The molecule has 1 aliphatic heterocycles. The lowest BCUT2D eigenvalue weighted by Gasteiger charge is -2.03. The van der Waals surface area contributed by atoms with E-state index in [-0.39, 0.29) is 14.8 Å². The molecule has 0 fully saturated rings. The summed E-state index contributed by atoms with van der Waals surface area (Å²) in [7, 11) is -3.24. The minimum Gasteiger partial charge on any atom is -0.247 e. The maximum absolute atomic E-state index is 11.3. The van der Waals surface area contributed by atoms with Crippen LogP contribution in [0.4, 0.5) is 0 Å². The van der Waals surface area contributed by atoms with Gasteiger partial charge in [-0.3, -0.25) is 0 Å². The van der Waals surface area contributed by atoms with Crippen molar-refractivity contribution in [1.82, 2.24) is 0 Å². The molecule has 11 heavy (non-hydrogen) atoms. The molecule has 3 nitrogen and oxygen atoms in total. The third-order valence-electron chi connectivity index (χ3n) is 1.32. The minimum atomic E-state index is -3.24. The number of sulfone groups is 1. The number of hydrogen-bond acceptors (Lipinski definition) is 3. The molecule has 0 bridgehead atoms. The Morgan fingerprint density at radius 3 is 2.27 bits per heavy atom. The maximum atomic E-state index is 11.3. The highest BCUT2D eigenvalue weighted by Gasteiger charge is 2.29. The monoisotopic (exact) mass is 237 g/mol. The summed E-state index contributed by atoms with van der Waals surface area (Å²) in [4.78, 5) is 3.79. The van der Waals surface area contributed by atoms with Gasteiger partial charge in [-0.05, 0) is 15.9 Å². The number of aliphatic imine (C=N–C) groups is 1. The summed E-state index contributed by atoms with van der Waals surface area (Å²) < 4.78 is 22.7. The Hall–Kier alpha value is -0.160. The van der Waals surface area contributed by atoms with E-state index in [1.807, 2.05) is 0 Å². The van der Waals surface area contributed by atoms with Crippen LogP contribution in [0.25, 0.3) is 0 Å². The van der Waals surface area contributed by atoms with Crippen molar-refractivity contribution >= 4 is 30.8 Å². The van der Waals surface area contributed by atoms with E-state index in [0.717, 1.165) is 0 Å². The highest BCUT2D eigenvalue weighted by atomic mass is 79.9. The Morgan fingerprint density at radius 1 is 1.55 bits per heavy atom. The molecule has 1 heterocycles. The summed E-state index contributed by atoms with van der Waals surface area (Å²) in [5.41, 5.74) is 0. The third-order valence-corrected chi connectivity index (χ3v) is 4.55. The first-order chi connectivity index (χ1) is 4.96. The molecule has 0 aromatic heterocycles. The highest BCUT2D eigenvalue weighted by molar-refractivity contribution is 9.14. The van der Waals surface area contributed by atoms with Crippen LogP contribution >= 0.6 is 15.9 Å². The molecule has 0 amide bonds. The second-order valence-corrected chi connectivity index (χ2v) is 5.80. The topological polar surface area (TPSA) is 46.5 Å². The van der Waals surface area contributed by atoms with Crippen LogP contribution < -0.4 is 0 Å². The normalized spacial score (nSPS) is 21.8. The van der Waals surface area contributed by atoms with Crippen LogP contribution in [0.15, 0.2) is 15.0 Å². The number of nitrogens with zero attached hydrogens (tertiary/aromatic N) is 1. The second kappa shape index (κ2) is 2.71. The lowest BCUT2D eigenvalue weighted by atomic mass is 10.2. The van der Waals surface area contributed by atoms with Gasteiger partial charge in [-0.2, -0.15) is 0 Å². The Kier molecular flexibility index (Phi) is 2.20. The van der Waals surface area contributed by atoms with Crippen LogP contribution in [-0.4, -0.2) is 13.5 Å². The van der Waals surface area contributed by atoms with Crippen molar-refractivity contribution in [3.63, 3.8) is 0 Å². The zero-order valence-corrected chi connectivity index (χ0v) is 8.61. The van der Waals surface area contributed by atoms with Gasteiger partial charge in [0.05, 0.1) is 6.20 Å². The van der Waals surface area contributed by atoms with Crippen LogP contribution in [0.5, 0.6) is 0 Å². The molecule has 0 unspecified atom stereocenters. The fraction of sp³-hybridized carbons (Fsp3) is 0.500. The summed E-state index contributed by atoms with van der Waals surface area (Å²) >= 11 is 2.93. The molecule has 0 saturated carbocycles. The quantitative estimate of drug-likeness (QED) is 0.697. The average Bonchev–Trinajstić information content (AvgIpc) is 2.08. The van der Waals surface area contributed by atoms with Gasteiger partial charge in [0.2, 0.25) is 9.84 Å². The van der Waals surface area contributed by atoms with E-state index in [0.29, 0.717) is 0 Å². The number of hydrogen-bond donors (Lipinski definition) is 0. The first kappa shape index (κ1) is 8.93.